The van der Waals surface area contributed by atoms with E-state index < -0.39 is 17.9 Å². The molecule has 4 rings (SSSR count). The molecule has 1 aromatic heterocycles. The Hall–Kier alpha value is -2.97. The molecule has 1 aromatic carbocycles. The molecule has 0 spiro atoms. The molecule has 0 radical (unpaired) electrons. The standard InChI is InChI=1S/C22H26N4O4/c27-21(25-29)18-12-17(30-19-8-4-5-10-23-19)13-24-20(18)22(28)26-11-9-16(14-26)15-6-2-1-3-7-15/h1-8,10,16-18,20,24,29H,9,11-14H2,(H,25,27)/t16-,17?,18?,20?/m0/s1. The first kappa shape index (κ1) is 20.3. The summed E-state index contributed by atoms with van der Waals surface area (Å²) in [5.41, 5.74) is 2.93. The summed E-state index contributed by atoms with van der Waals surface area (Å²) in [4.78, 5) is 31.5. The van der Waals surface area contributed by atoms with Crippen molar-refractivity contribution in [2.24, 2.45) is 5.92 Å². The highest BCUT2D eigenvalue weighted by atomic mass is 16.5. The topological polar surface area (TPSA) is 104 Å². The van der Waals surface area contributed by atoms with E-state index in [9.17, 15) is 14.8 Å². The number of nitrogens with one attached hydrogen (secondary N) is 2. The second-order valence-electron chi connectivity index (χ2n) is 7.79. The minimum atomic E-state index is -0.735. The molecule has 8 nitrogen and oxygen atoms in total. The lowest BCUT2D eigenvalue weighted by atomic mass is 9.87. The van der Waals surface area contributed by atoms with Gasteiger partial charge in [0.1, 0.15) is 6.10 Å². The van der Waals surface area contributed by atoms with Crippen LogP contribution in [0.25, 0.3) is 0 Å². The summed E-state index contributed by atoms with van der Waals surface area (Å²) in [7, 11) is 0. The fraction of sp³-hybridized carbons (Fsp3) is 0.409. The summed E-state index contributed by atoms with van der Waals surface area (Å²) in [5.74, 6) is -0.681. The van der Waals surface area contributed by atoms with E-state index in [1.165, 1.54) is 5.56 Å². The first-order valence-corrected chi connectivity index (χ1v) is 10.2. The third-order valence-corrected chi connectivity index (χ3v) is 5.89. The molecule has 3 unspecified atom stereocenters. The zero-order valence-electron chi connectivity index (χ0n) is 16.6. The number of ether oxygens (including phenoxy) is 1. The highest BCUT2D eigenvalue weighted by Crippen LogP contribution is 2.29. The number of benzene rings is 1. The van der Waals surface area contributed by atoms with Crippen molar-refractivity contribution in [1.82, 2.24) is 20.7 Å². The van der Waals surface area contributed by atoms with Gasteiger partial charge in [-0.25, -0.2) is 10.5 Å². The van der Waals surface area contributed by atoms with Crippen LogP contribution in [0, 0.1) is 5.92 Å². The van der Waals surface area contributed by atoms with E-state index in [0.29, 0.717) is 37.9 Å². The molecule has 2 amide bonds. The molecule has 0 aliphatic carbocycles. The molecule has 30 heavy (non-hydrogen) atoms. The zero-order chi connectivity index (χ0) is 20.9. The molecular weight excluding hydrogens is 384 g/mol. The van der Waals surface area contributed by atoms with Crippen molar-refractivity contribution < 1.29 is 19.5 Å². The fourth-order valence-electron chi connectivity index (χ4n) is 4.34. The van der Waals surface area contributed by atoms with Crippen LogP contribution in [0.1, 0.15) is 24.3 Å². The molecule has 2 fully saturated rings. The lowest BCUT2D eigenvalue weighted by molar-refractivity contribution is -0.144. The van der Waals surface area contributed by atoms with Gasteiger partial charge in [-0.1, -0.05) is 36.4 Å². The van der Waals surface area contributed by atoms with Crippen molar-refractivity contribution >= 4 is 11.8 Å². The quantitative estimate of drug-likeness (QED) is 0.508. The second kappa shape index (κ2) is 9.23. The number of amides is 2. The van der Waals surface area contributed by atoms with Crippen LogP contribution in [0.15, 0.2) is 54.7 Å². The van der Waals surface area contributed by atoms with Gasteiger partial charge in [-0.2, -0.15) is 0 Å². The molecule has 158 valence electrons. The highest BCUT2D eigenvalue weighted by molar-refractivity contribution is 5.90. The number of hydroxylamine groups is 1. The van der Waals surface area contributed by atoms with Crippen LogP contribution < -0.4 is 15.5 Å². The maximum Gasteiger partial charge on any atom is 0.248 e. The van der Waals surface area contributed by atoms with Gasteiger partial charge in [0, 0.05) is 37.8 Å². The normalized spacial score (nSPS) is 26.2. The summed E-state index contributed by atoms with van der Waals surface area (Å²) in [6, 6.07) is 14.8. The molecule has 0 saturated carbocycles. The zero-order valence-corrected chi connectivity index (χ0v) is 16.6. The van der Waals surface area contributed by atoms with Gasteiger partial charge in [0.05, 0.1) is 12.0 Å². The van der Waals surface area contributed by atoms with E-state index in [1.807, 2.05) is 29.2 Å². The van der Waals surface area contributed by atoms with E-state index in [0.717, 1.165) is 6.42 Å². The van der Waals surface area contributed by atoms with Crippen molar-refractivity contribution in [2.75, 3.05) is 19.6 Å². The number of likely N-dealkylation sites (tertiary alicyclic amines) is 1. The molecule has 3 N–H and O–H groups in total. The number of hydrogen-bond donors (Lipinski definition) is 3. The van der Waals surface area contributed by atoms with Gasteiger partial charge < -0.3 is 15.0 Å². The number of carbonyl (C=O) groups excluding carboxylic acids is 2. The number of piperidine rings is 1. The van der Waals surface area contributed by atoms with Crippen LogP contribution in [0.2, 0.25) is 0 Å². The average molecular weight is 410 g/mol. The van der Waals surface area contributed by atoms with Gasteiger partial charge in [-0.15, -0.1) is 0 Å². The molecule has 2 aromatic rings. The highest BCUT2D eigenvalue weighted by Gasteiger charge is 2.43. The van der Waals surface area contributed by atoms with Crippen molar-refractivity contribution in [3.05, 3.63) is 60.3 Å². The van der Waals surface area contributed by atoms with E-state index in [1.54, 1.807) is 23.8 Å². The predicted molar refractivity (Wildman–Crippen MR) is 109 cm³/mol. The van der Waals surface area contributed by atoms with Crippen molar-refractivity contribution in [2.45, 2.75) is 30.9 Å². The molecule has 2 aliphatic heterocycles. The predicted octanol–water partition coefficient (Wildman–Crippen LogP) is 1.33. The first-order valence-electron chi connectivity index (χ1n) is 10.2. The first-order chi connectivity index (χ1) is 14.7. The smallest absolute Gasteiger partial charge is 0.248 e. The Morgan fingerprint density at radius 3 is 2.70 bits per heavy atom. The number of nitrogens with zero attached hydrogens (tertiary/aromatic N) is 2. The minimum absolute atomic E-state index is 0.113. The van der Waals surface area contributed by atoms with Gasteiger partial charge in [0.25, 0.3) is 0 Å². The Labute approximate surface area is 175 Å². The van der Waals surface area contributed by atoms with Crippen LogP contribution >= 0.6 is 0 Å². The third-order valence-electron chi connectivity index (χ3n) is 5.89. The lowest BCUT2D eigenvalue weighted by Crippen LogP contribution is -2.60. The Balaban J connectivity index is 1.42. The SMILES string of the molecule is O=C(NO)C1CC(Oc2ccccn2)CNC1C(=O)N1CC[C@H](c2ccccc2)C1. The van der Waals surface area contributed by atoms with Crippen molar-refractivity contribution in [1.29, 1.82) is 0 Å². The van der Waals surface area contributed by atoms with Crippen LogP contribution in [0.5, 0.6) is 5.88 Å². The Morgan fingerprint density at radius 2 is 1.97 bits per heavy atom. The molecule has 8 heteroatoms. The monoisotopic (exact) mass is 410 g/mol. The number of hydrogen-bond acceptors (Lipinski definition) is 6. The number of rotatable bonds is 5. The maximum atomic E-state index is 13.2. The van der Waals surface area contributed by atoms with Gasteiger partial charge in [0.15, 0.2) is 0 Å². The summed E-state index contributed by atoms with van der Waals surface area (Å²) in [6.07, 6.45) is 2.50. The van der Waals surface area contributed by atoms with Crippen LogP contribution in [0.4, 0.5) is 0 Å². The number of carbonyl (C=O) groups is 2. The van der Waals surface area contributed by atoms with Crippen LogP contribution in [0.3, 0.4) is 0 Å². The van der Waals surface area contributed by atoms with Crippen molar-refractivity contribution in [3.63, 3.8) is 0 Å². The molecule has 3 heterocycles. The number of aromatic nitrogens is 1. The molecular formula is C22H26N4O4. The second-order valence-corrected chi connectivity index (χ2v) is 7.79. The number of pyridine rings is 1. The maximum absolute atomic E-state index is 13.2. The van der Waals surface area contributed by atoms with E-state index >= 15 is 0 Å². The summed E-state index contributed by atoms with van der Waals surface area (Å²) >= 11 is 0. The van der Waals surface area contributed by atoms with Gasteiger partial charge in [-0.3, -0.25) is 14.8 Å². The summed E-state index contributed by atoms with van der Waals surface area (Å²) < 4.78 is 5.85. The molecule has 0 bridgehead atoms. The van der Waals surface area contributed by atoms with Gasteiger partial charge in [0.2, 0.25) is 17.7 Å². The fourth-order valence-corrected chi connectivity index (χ4v) is 4.34. The Morgan fingerprint density at radius 1 is 1.17 bits per heavy atom. The van der Waals surface area contributed by atoms with Crippen molar-refractivity contribution in [3.8, 4) is 5.88 Å². The minimum Gasteiger partial charge on any atom is -0.473 e. The van der Waals surface area contributed by atoms with E-state index in [-0.39, 0.29) is 12.0 Å². The van der Waals surface area contributed by atoms with E-state index in [2.05, 4.69) is 22.4 Å². The average Bonchev–Trinajstić information content (AvgIpc) is 3.30. The van der Waals surface area contributed by atoms with Crippen LogP contribution in [-0.2, 0) is 9.59 Å². The Bertz CT molecular complexity index is 864. The van der Waals surface area contributed by atoms with Gasteiger partial charge >= 0.3 is 0 Å². The largest absolute Gasteiger partial charge is 0.473 e. The molecule has 2 saturated heterocycles. The lowest BCUT2D eigenvalue weighted by Gasteiger charge is -2.36. The summed E-state index contributed by atoms with van der Waals surface area (Å²) in [6.45, 7) is 1.69. The van der Waals surface area contributed by atoms with Crippen LogP contribution in [-0.4, -0.2) is 58.7 Å². The molecule has 2 aliphatic rings. The molecule has 4 atom stereocenters. The summed E-state index contributed by atoms with van der Waals surface area (Å²) in [5, 5.41) is 12.4. The Kier molecular flexibility index (Phi) is 6.25. The van der Waals surface area contributed by atoms with E-state index in [4.69, 9.17) is 4.74 Å². The third kappa shape index (κ3) is 4.44. The van der Waals surface area contributed by atoms with Gasteiger partial charge in [-0.05, 0) is 24.5 Å².